The first kappa shape index (κ1) is 24.5. The Bertz CT molecular complexity index is 637. The molecule has 1 aromatic carbocycles. The van der Waals surface area contributed by atoms with Gasteiger partial charge in [0.15, 0.2) is 0 Å². The lowest BCUT2D eigenvalue weighted by atomic mass is 9.65. The number of fused-ring (bicyclic) bond motifs is 2. The third-order valence-electron chi connectivity index (χ3n) is 7.20. The molecule has 0 spiro atoms. The van der Waals surface area contributed by atoms with Crippen LogP contribution in [0, 0.1) is 17.8 Å². The molecule has 2 bridgehead atoms. The number of amides is 1. The highest BCUT2D eigenvalue weighted by Crippen LogP contribution is 2.41. The zero-order chi connectivity index (χ0) is 18.6. The van der Waals surface area contributed by atoms with Gasteiger partial charge in [0.05, 0.1) is 0 Å². The summed E-state index contributed by atoms with van der Waals surface area (Å²) in [4.78, 5) is 15.4. The maximum Gasteiger partial charge on any atom is 0.223 e. The summed E-state index contributed by atoms with van der Waals surface area (Å²) < 4.78 is 0. The number of carbonyl (C=O) groups excluding carboxylic acids is 1. The standard InChI is InChI=1S/C23H35N3O.2ClH/c24-22-17-9-6-10-18(22)14-21(13-17)23(27)25-15-19-7-2-3-8-20(19)16-26-11-4-1-5-12-26;;/h2-3,7-8,17-18,21-22H,1,4-6,9-16,24H2,(H,25,27);2*1H. The fraction of sp³-hybridized carbons (Fsp3) is 0.696. The lowest BCUT2D eigenvalue weighted by molar-refractivity contribution is -0.128. The van der Waals surface area contributed by atoms with Crippen LogP contribution in [0.1, 0.15) is 62.5 Å². The zero-order valence-corrected chi connectivity index (χ0v) is 19.0. The Morgan fingerprint density at radius 1 is 0.966 bits per heavy atom. The van der Waals surface area contributed by atoms with Crippen molar-refractivity contribution in [1.82, 2.24) is 10.2 Å². The summed E-state index contributed by atoms with van der Waals surface area (Å²) in [7, 11) is 0. The van der Waals surface area contributed by atoms with E-state index in [0.29, 0.717) is 24.4 Å². The molecule has 1 aromatic rings. The monoisotopic (exact) mass is 441 g/mol. The van der Waals surface area contributed by atoms with E-state index in [9.17, 15) is 4.79 Å². The molecular weight excluding hydrogens is 405 g/mol. The molecule has 1 amide bonds. The first-order valence-electron chi connectivity index (χ1n) is 11.0. The van der Waals surface area contributed by atoms with Crippen molar-refractivity contribution in [2.75, 3.05) is 13.1 Å². The molecule has 3 fully saturated rings. The van der Waals surface area contributed by atoms with Crippen LogP contribution >= 0.6 is 24.8 Å². The second kappa shape index (κ2) is 11.5. The van der Waals surface area contributed by atoms with Crippen LogP contribution < -0.4 is 11.1 Å². The van der Waals surface area contributed by atoms with E-state index in [4.69, 9.17) is 5.73 Å². The van der Waals surface area contributed by atoms with E-state index >= 15 is 0 Å². The van der Waals surface area contributed by atoms with Crippen molar-refractivity contribution in [2.45, 2.75) is 70.5 Å². The number of rotatable bonds is 5. The van der Waals surface area contributed by atoms with Gasteiger partial charge in [-0.05, 0) is 74.6 Å². The molecule has 164 valence electrons. The average molecular weight is 442 g/mol. The summed E-state index contributed by atoms with van der Waals surface area (Å²) in [5.74, 6) is 1.51. The molecule has 0 radical (unpaired) electrons. The Balaban J connectivity index is 0.00000150. The number of likely N-dealkylation sites (tertiary alicyclic amines) is 1. The summed E-state index contributed by atoms with van der Waals surface area (Å²) in [5, 5.41) is 3.25. The minimum absolute atomic E-state index is 0. The van der Waals surface area contributed by atoms with Gasteiger partial charge in [-0.2, -0.15) is 0 Å². The van der Waals surface area contributed by atoms with E-state index in [1.54, 1.807) is 0 Å². The van der Waals surface area contributed by atoms with E-state index in [1.165, 1.54) is 62.7 Å². The largest absolute Gasteiger partial charge is 0.352 e. The predicted molar refractivity (Wildman–Crippen MR) is 123 cm³/mol. The number of nitrogens with one attached hydrogen (secondary N) is 1. The summed E-state index contributed by atoms with van der Waals surface area (Å²) in [6.45, 7) is 4.06. The van der Waals surface area contributed by atoms with E-state index in [0.717, 1.165) is 19.4 Å². The minimum atomic E-state index is 0. The van der Waals surface area contributed by atoms with Crippen molar-refractivity contribution < 1.29 is 4.79 Å². The molecule has 2 atom stereocenters. The number of nitrogens with zero attached hydrogens (tertiary/aromatic N) is 1. The number of nitrogens with two attached hydrogens (primary N) is 1. The SMILES string of the molecule is Cl.Cl.NC1C2CCCC1CC(C(=O)NCc1ccccc1CN1CCCCC1)C2. The highest BCUT2D eigenvalue weighted by Gasteiger charge is 2.40. The predicted octanol–water partition coefficient (Wildman–Crippen LogP) is 4.29. The fourth-order valence-corrected chi connectivity index (χ4v) is 5.57. The third kappa shape index (κ3) is 6.10. The lowest BCUT2D eigenvalue weighted by Gasteiger charge is -2.43. The fourth-order valence-electron chi connectivity index (χ4n) is 5.57. The first-order valence-corrected chi connectivity index (χ1v) is 11.0. The Morgan fingerprint density at radius 2 is 1.59 bits per heavy atom. The van der Waals surface area contributed by atoms with Crippen molar-refractivity contribution in [3.05, 3.63) is 35.4 Å². The molecule has 2 saturated carbocycles. The molecule has 3 N–H and O–H groups in total. The molecular formula is C23H37Cl2N3O. The molecule has 1 saturated heterocycles. The molecule has 0 aromatic heterocycles. The number of piperidine rings is 1. The van der Waals surface area contributed by atoms with Crippen LogP contribution in [0.2, 0.25) is 0 Å². The number of hydrogen-bond donors (Lipinski definition) is 2. The maximum absolute atomic E-state index is 12.8. The van der Waals surface area contributed by atoms with Crippen molar-refractivity contribution >= 4 is 30.7 Å². The normalized spacial score (nSPS) is 29.3. The van der Waals surface area contributed by atoms with Gasteiger partial charge in [0.2, 0.25) is 5.91 Å². The highest BCUT2D eigenvalue weighted by atomic mass is 35.5. The van der Waals surface area contributed by atoms with E-state index in [-0.39, 0.29) is 36.6 Å². The van der Waals surface area contributed by atoms with Crippen LogP contribution in [0.3, 0.4) is 0 Å². The molecule has 1 aliphatic heterocycles. The number of hydrogen-bond acceptors (Lipinski definition) is 3. The van der Waals surface area contributed by atoms with Crippen LogP contribution in [-0.2, 0) is 17.9 Å². The summed E-state index contributed by atoms with van der Waals surface area (Å²) >= 11 is 0. The first-order chi connectivity index (χ1) is 13.2. The van der Waals surface area contributed by atoms with Crippen LogP contribution in [0.15, 0.2) is 24.3 Å². The van der Waals surface area contributed by atoms with Crippen molar-refractivity contribution in [1.29, 1.82) is 0 Å². The number of halogens is 2. The van der Waals surface area contributed by atoms with Crippen molar-refractivity contribution in [2.24, 2.45) is 23.5 Å². The summed E-state index contributed by atoms with van der Waals surface area (Å²) in [6.07, 6.45) is 9.66. The Labute approximate surface area is 188 Å². The highest BCUT2D eigenvalue weighted by molar-refractivity contribution is 5.85. The lowest BCUT2D eigenvalue weighted by Crippen LogP contribution is -2.49. The minimum Gasteiger partial charge on any atom is -0.352 e. The van der Waals surface area contributed by atoms with Gasteiger partial charge in [0.1, 0.15) is 0 Å². The Hall–Kier alpha value is -0.810. The average Bonchev–Trinajstić information content (AvgIpc) is 2.68. The quantitative estimate of drug-likeness (QED) is 0.716. The van der Waals surface area contributed by atoms with Gasteiger partial charge in [-0.3, -0.25) is 9.69 Å². The van der Waals surface area contributed by atoms with Gasteiger partial charge in [-0.15, -0.1) is 24.8 Å². The molecule has 2 unspecified atom stereocenters. The molecule has 29 heavy (non-hydrogen) atoms. The van der Waals surface area contributed by atoms with E-state index in [2.05, 4.69) is 34.5 Å². The molecule has 2 aliphatic carbocycles. The second-order valence-corrected chi connectivity index (χ2v) is 9.02. The van der Waals surface area contributed by atoms with Crippen LogP contribution in [-0.4, -0.2) is 29.9 Å². The van der Waals surface area contributed by atoms with Gasteiger partial charge in [-0.25, -0.2) is 0 Å². The van der Waals surface area contributed by atoms with Crippen LogP contribution in [0.4, 0.5) is 0 Å². The van der Waals surface area contributed by atoms with Gasteiger partial charge in [0, 0.05) is 25.0 Å². The van der Waals surface area contributed by atoms with Crippen molar-refractivity contribution in [3.63, 3.8) is 0 Å². The molecule has 1 heterocycles. The van der Waals surface area contributed by atoms with E-state index in [1.807, 2.05) is 0 Å². The number of benzene rings is 1. The van der Waals surface area contributed by atoms with Crippen LogP contribution in [0.5, 0.6) is 0 Å². The van der Waals surface area contributed by atoms with Gasteiger partial charge in [0.25, 0.3) is 0 Å². The number of carbonyl (C=O) groups is 1. The molecule has 4 nitrogen and oxygen atoms in total. The molecule has 4 rings (SSSR count). The van der Waals surface area contributed by atoms with Gasteiger partial charge >= 0.3 is 0 Å². The zero-order valence-electron chi connectivity index (χ0n) is 17.4. The second-order valence-electron chi connectivity index (χ2n) is 9.02. The van der Waals surface area contributed by atoms with E-state index < -0.39 is 0 Å². The third-order valence-corrected chi connectivity index (χ3v) is 7.20. The van der Waals surface area contributed by atoms with Gasteiger partial charge in [-0.1, -0.05) is 37.1 Å². The molecule has 6 heteroatoms. The van der Waals surface area contributed by atoms with Gasteiger partial charge < -0.3 is 11.1 Å². The van der Waals surface area contributed by atoms with Crippen LogP contribution in [0.25, 0.3) is 0 Å². The maximum atomic E-state index is 12.8. The smallest absolute Gasteiger partial charge is 0.223 e. The van der Waals surface area contributed by atoms with Crippen molar-refractivity contribution in [3.8, 4) is 0 Å². The Morgan fingerprint density at radius 3 is 2.24 bits per heavy atom. The summed E-state index contributed by atoms with van der Waals surface area (Å²) in [5.41, 5.74) is 9.01. The Kier molecular flexibility index (Phi) is 9.74. The topological polar surface area (TPSA) is 58.4 Å². The molecule has 3 aliphatic rings. The summed E-state index contributed by atoms with van der Waals surface area (Å²) in [6, 6.07) is 8.93.